The molecule has 0 rings (SSSR count). The maximum atomic E-state index is 11.9. The third-order valence-electron chi connectivity index (χ3n) is 2.70. The molecule has 124 valence electrons. The van der Waals surface area contributed by atoms with Crippen molar-refractivity contribution in [3.05, 3.63) is 0 Å². The number of nitrogens with two attached hydrogens (primary N) is 1. The molecule has 0 saturated heterocycles. The van der Waals surface area contributed by atoms with Crippen LogP contribution in [0.3, 0.4) is 0 Å². The Morgan fingerprint density at radius 2 is 1.90 bits per heavy atom. The largest absolute Gasteiger partial charge is 0.450 e. The van der Waals surface area contributed by atoms with Crippen LogP contribution in [-0.2, 0) is 14.4 Å². The molecule has 0 aliphatic heterocycles. The van der Waals surface area contributed by atoms with E-state index in [0.717, 1.165) is 24.3 Å². The zero-order valence-electron chi connectivity index (χ0n) is 12.8. The second kappa shape index (κ2) is 12.4. The molecule has 8 nitrogen and oxygen atoms in total. The standard InChI is InChI=1S/C13H27N3O5/c1-11(17)16(21-10-8-15-2)12(18)7-5-3-4-6-9-20-13(14)19/h11,15,17H,3-10H2,1-2H3,(H2,14,19). The van der Waals surface area contributed by atoms with Gasteiger partial charge in [0.1, 0.15) is 0 Å². The van der Waals surface area contributed by atoms with E-state index < -0.39 is 12.3 Å². The molecule has 0 aliphatic rings. The molecular formula is C13H27N3O5. The number of ether oxygens (including phenoxy) is 1. The number of carbonyl (C=O) groups is 2. The molecule has 0 bridgehead atoms. The minimum atomic E-state index is -0.974. The zero-order chi connectivity index (χ0) is 16.1. The predicted octanol–water partition coefficient (Wildman–Crippen LogP) is 0.350. The Kier molecular flexibility index (Phi) is 11.6. The van der Waals surface area contributed by atoms with E-state index in [1.807, 2.05) is 0 Å². The minimum absolute atomic E-state index is 0.241. The van der Waals surface area contributed by atoms with Gasteiger partial charge in [0.05, 0.1) is 13.2 Å². The number of likely N-dealkylation sites (N-methyl/N-ethyl adjacent to an activating group) is 1. The van der Waals surface area contributed by atoms with Crippen LogP contribution in [0, 0.1) is 0 Å². The van der Waals surface area contributed by atoms with E-state index in [4.69, 9.17) is 10.6 Å². The molecule has 0 heterocycles. The highest BCUT2D eigenvalue weighted by Gasteiger charge is 2.18. The van der Waals surface area contributed by atoms with Crippen molar-refractivity contribution in [2.45, 2.75) is 45.3 Å². The van der Waals surface area contributed by atoms with Gasteiger partial charge in [-0.15, -0.1) is 0 Å². The van der Waals surface area contributed by atoms with E-state index >= 15 is 0 Å². The van der Waals surface area contributed by atoms with Crippen LogP contribution < -0.4 is 11.1 Å². The summed E-state index contributed by atoms with van der Waals surface area (Å²) in [5, 5.41) is 13.4. The molecule has 2 amide bonds. The maximum absolute atomic E-state index is 11.9. The number of aliphatic hydroxyl groups is 1. The Morgan fingerprint density at radius 1 is 1.24 bits per heavy atom. The van der Waals surface area contributed by atoms with Crippen LogP contribution in [0.4, 0.5) is 4.79 Å². The van der Waals surface area contributed by atoms with Gasteiger partial charge in [-0.3, -0.25) is 9.63 Å². The number of rotatable bonds is 12. The van der Waals surface area contributed by atoms with Gasteiger partial charge in [-0.05, 0) is 26.8 Å². The van der Waals surface area contributed by atoms with Crippen LogP contribution in [0.5, 0.6) is 0 Å². The van der Waals surface area contributed by atoms with Crippen LogP contribution in [0.2, 0.25) is 0 Å². The number of hydrogen-bond donors (Lipinski definition) is 3. The van der Waals surface area contributed by atoms with Crippen molar-refractivity contribution in [1.82, 2.24) is 10.4 Å². The highest BCUT2D eigenvalue weighted by Crippen LogP contribution is 2.08. The Labute approximate surface area is 125 Å². The van der Waals surface area contributed by atoms with E-state index in [1.54, 1.807) is 7.05 Å². The summed E-state index contributed by atoms with van der Waals surface area (Å²) in [5.74, 6) is -0.241. The molecule has 0 saturated carbocycles. The first-order valence-electron chi connectivity index (χ1n) is 7.19. The number of amides is 2. The Hall–Kier alpha value is -1.38. The van der Waals surface area contributed by atoms with Crippen molar-refractivity contribution < 1.29 is 24.3 Å². The monoisotopic (exact) mass is 305 g/mol. The molecular weight excluding hydrogens is 278 g/mol. The lowest BCUT2D eigenvalue weighted by Gasteiger charge is -2.24. The van der Waals surface area contributed by atoms with Gasteiger partial charge in [-0.2, -0.15) is 5.06 Å². The fourth-order valence-electron chi connectivity index (χ4n) is 1.65. The highest BCUT2D eigenvalue weighted by atomic mass is 16.7. The summed E-state index contributed by atoms with van der Waals surface area (Å²) in [4.78, 5) is 27.5. The number of primary amides is 1. The predicted molar refractivity (Wildman–Crippen MR) is 77.0 cm³/mol. The molecule has 1 atom stereocenters. The minimum Gasteiger partial charge on any atom is -0.450 e. The fourth-order valence-corrected chi connectivity index (χ4v) is 1.65. The highest BCUT2D eigenvalue weighted by molar-refractivity contribution is 5.75. The summed E-state index contributed by atoms with van der Waals surface area (Å²) in [6.45, 7) is 2.70. The second-order valence-corrected chi connectivity index (χ2v) is 4.62. The second-order valence-electron chi connectivity index (χ2n) is 4.62. The van der Waals surface area contributed by atoms with Gasteiger partial charge in [-0.1, -0.05) is 12.8 Å². The zero-order valence-corrected chi connectivity index (χ0v) is 12.8. The third-order valence-corrected chi connectivity index (χ3v) is 2.70. The number of unbranched alkanes of at least 4 members (excludes halogenated alkanes) is 3. The summed E-state index contributed by atoms with van der Waals surface area (Å²) in [6, 6.07) is 0. The van der Waals surface area contributed by atoms with Gasteiger partial charge in [0.2, 0.25) is 5.91 Å². The first-order valence-corrected chi connectivity index (χ1v) is 7.19. The van der Waals surface area contributed by atoms with Crippen LogP contribution in [0.25, 0.3) is 0 Å². The first kappa shape index (κ1) is 19.6. The smallest absolute Gasteiger partial charge is 0.404 e. The Balaban J connectivity index is 3.75. The number of hydroxylamine groups is 2. The summed E-state index contributed by atoms with van der Waals surface area (Å²) in [5.41, 5.74) is 4.83. The van der Waals surface area contributed by atoms with Crippen molar-refractivity contribution >= 4 is 12.0 Å². The maximum Gasteiger partial charge on any atom is 0.404 e. The Morgan fingerprint density at radius 3 is 2.48 bits per heavy atom. The summed E-state index contributed by atoms with van der Waals surface area (Å²) >= 11 is 0. The molecule has 0 fully saturated rings. The molecule has 0 aromatic heterocycles. The molecule has 0 aromatic rings. The average Bonchev–Trinajstić information content (AvgIpc) is 2.41. The lowest BCUT2D eigenvalue weighted by atomic mass is 10.1. The average molecular weight is 305 g/mol. The van der Waals surface area contributed by atoms with Gasteiger partial charge in [0.15, 0.2) is 6.23 Å². The summed E-state index contributed by atoms with van der Waals surface area (Å²) in [7, 11) is 1.78. The number of nitrogens with one attached hydrogen (secondary N) is 1. The molecule has 1 unspecified atom stereocenters. The van der Waals surface area contributed by atoms with Crippen molar-refractivity contribution in [1.29, 1.82) is 0 Å². The lowest BCUT2D eigenvalue weighted by molar-refractivity contribution is -0.228. The SMILES string of the molecule is CNCCON(C(=O)CCCCCCOC(N)=O)C(C)O. The molecule has 0 spiro atoms. The van der Waals surface area contributed by atoms with Crippen LogP contribution >= 0.6 is 0 Å². The van der Waals surface area contributed by atoms with Gasteiger partial charge in [0.25, 0.3) is 0 Å². The van der Waals surface area contributed by atoms with Crippen LogP contribution in [0.15, 0.2) is 0 Å². The number of hydrogen-bond acceptors (Lipinski definition) is 6. The van der Waals surface area contributed by atoms with Crippen molar-refractivity contribution in [2.75, 3.05) is 26.8 Å². The quantitative estimate of drug-likeness (QED) is 0.272. The number of nitrogens with zero attached hydrogens (tertiary/aromatic N) is 1. The molecule has 0 aliphatic carbocycles. The lowest BCUT2D eigenvalue weighted by Crippen LogP contribution is -2.39. The number of carbonyl (C=O) groups excluding carboxylic acids is 2. The fraction of sp³-hybridized carbons (Fsp3) is 0.846. The number of aliphatic hydroxyl groups excluding tert-OH is 1. The summed E-state index contributed by atoms with van der Waals surface area (Å²) in [6.07, 6.45) is 1.65. The molecule has 21 heavy (non-hydrogen) atoms. The van der Waals surface area contributed by atoms with E-state index in [0.29, 0.717) is 32.6 Å². The van der Waals surface area contributed by atoms with E-state index in [-0.39, 0.29) is 5.91 Å². The topological polar surface area (TPSA) is 114 Å². The van der Waals surface area contributed by atoms with Gasteiger partial charge in [-0.25, -0.2) is 4.79 Å². The Bertz CT molecular complexity index is 300. The van der Waals surface area contributed by atoms with Crippen molar-refractivity contribution in [2.24, 2.45) is 5.73 Å². The van der Waals surface area contributed by atoms with Crippen molar-refractivity contribution in [3.8, 4) is 0 Å². The van der Waals surface area contributed by atoms with Crippen LogP contribution in [0.1, 0.15) is 39.0 Å². The molecule has 4 N–H and O–H groups in total. The summed E-state index contributed by atoms with van der Waals surface area (Å²) < 4.78 is 4.60. The van der Waals surface area contributed by atoms with Gasteiger partial charge in [0, 0.05) is 13.0 Å². The van der Waals surface area contributed by atoms with E-state index in [2.05, 4.69) is 10.1 Å². The van der Waals surface area contributed by atoms with Crippen LogP contribution in [-0.4, -0.2) is 55.2 Å². The normalized spacial score (nSPS) is 12.0. The van der Waals surface area contributed by atoms with E-state index in [1.165, 1.54) is 6.92 Å². The van der Waals surface area contributed by atoms with Gasteiger partial charge >= 0.3 is 6.09 Å². The van der Waals surface area contributed by atoms with E-state index in [9.17, 15) is 14.7 Å². The molecule has 0 radical (unpaired) electrons. The third kappa shape index (κ3) is 11.0. The molecule has 0 aromatic carbocycles. The first-order chi connectivity index (χ1) is 9.99. The molecule has 8 heteroatoms. The van der Waals surface area contributed by atoms with Gasteiger partial charge < -0.3 is 20.9 Å². The van der Waals surface area contributed by atoms with Crippen molar-refractivity contribution in [3.63, 3.8) is 0 Å².